The number of benzene rings is 2. The van der Waals surface area contributed by atoms with Gasteiger partial charge in [0.05, 0.1) is 23.1 Å². The van der Waals surface area contributed by atoms with Crippen LogP contribution in [0.1, 0.15) is 42.4 Å². The van der Waals surface area contributed by atoms with E-state index in [-0.39, 0.29) is 6.23 Å². The van der Waals surface area contributed by atoms with Gasteiger partial charge in [-0.1, -0.05) is 42.5 Å². The Hall–Kier alpha value is -3.63. The minimum atomic E-state index is -0.0809. The number of aromatic nitrogens is 3. The summed E-state index contributed by atoms with van der Waals surface area (Å²) in [5.74, 6) is 0.793. The number of nitrogens with zero attached hydrogens (tertiary/aromatic N) is 5. The van der Waals surface area contributed by atoms with Gasteiger partial charge in [0.2, 0.25) is 0 Å². The third-order valence-electron chi connectivity index (χ3n) is 8.32. The molecule has 2 aromatic carbocycles. The van der Waals surface area contributed by atoms with Gasteiger partial charge in [-0.05, 0) is 73.9 Å². The molecule has 9 heteroatoms. The lowest BCUT2D eigenvalue weighted by Gasteiger charge is -2.32. The number of likely N-dealkylation sites (N-methyl/N-ethyl adjacent to an activating group) is 1. The van der Waals surface area contributed by atoms with Crippen LogP contribution in [-0.2, 0) is 4.74 Å². The van der Waals surface area contributed by atoms with Crippen LogP contribution in [0.4, 0.5) is 0 Å². The molecule has 6 rings (SSSR count). The van der Waals surface area contributed by atoms with Crippen molar-refractivity contribution >= 4 is 40.3 Å². The number of piperazine rings is 1. The number of pyridine rings is 1. The summed E-state index contributed by atoms with van der Waals surface area (Å²) in [4.78, 5) is 10.2. The van der Waals surface area contributed by atoms with Gasteiger partial charge in [0.15, 0.2) is 6.23 Å². The summed E-state index contributed by atoms with van der Waals surface area (Å²) in [6, 6.07) is 18.7. The average molecular weight is 597 g/mol. The Morgan fingerprint density at radius 1 is 1.07 bits per heavy atom. The molecule has 224 valence electrons. The highest BCUT2D eigenvalue weighted by Crippen LogP contribution is 2.33. The van der Waals surface area contributed by atoms with Gasteiger partial charge in [-0.3, -0.25) is 9.88 Å². The van der Waals surface area contributed by atoms with Crippen LogP contribution in [0.2, 0.25) is 0 Å². The lowest BCUT2D eigenvalue weighted by molar-refractivity contribution is -0.0367. The summed E-state index contributed by atoms with van der Waals surface area (Å²) in [6.07, 6.45) is 8.94. The Labute approximate surface area is 259 Å². The molecule has 8 nitrogen and oxygen atoms in total. The van der Waals surface area contributed by atoms with E-state index in [1.54, 1.807) is 6.20 Å². The van der Waals surface area contributed by atoms with Crippen molar-refractivity contribution in [2.45, 2.75) is 25.5 Å². The summed E-state index contributed by atoms with van der Waals surface area (Å²) >= 11 is 5.60. The second-order valence-electron chi connectivity index (χ2n) is 11.3. The fourth-order valence-electron chi connectivity index (χ4n) is 5.76. The van der Waals surface area contributed by atoms with Gasteiger partial charge < -0.3 is 19.7 Å². The molecule has 2 saturated heterocycles. The van der Waals surface area contributed by atoms with Crippen molar-refractivity contribution in [1.82, 2.24) is 29.9 Å². The summed E-state index contributed by atoms with van der Waals surface area (Å²) in [5.41, 5.74) is 5.99. The molecule has 0 aliphatic carbocycles. The van der Waals surface area contributed by atoms with Crippen LogP contribution < -0.4 is 10.1 Å². The second kappa shape index (κ2) is 13.8. The maximum atomic E-state index is 6.18. The van der Waals surface area contributed by atoms with E-state index in [0.717, 1.165) is 108 Å². The van der Waals surface area contributed by atoms with Crippen molar-refractivity contribution in [3.05, 3.63) is 77.7 Å². The second-order valence-corrected chi connectivity index (χ2v) is 11.7. The first-order chi connectivity index (χ1) is 21.1. The van der Waals surface area contributed by atoms with E-state index in [9.17, 15) is 0 Å². The number of thiocarbonyl (C=S) groups is 1. The lowest BCUT2D eigenvalue weighted by atomic mass is 9.98. The Balaban J connectivity index is 1.22. The van der Waals surface area contributed by atoms with Gasteiger partial charge in [-0.15, -0.1) is 0 Å². The SMILES string of the molecule is CNC(=S)c1ccccc1-c1ccc2c(/C=C/c3ccc(OCCN4CCN(C)CC4)cn3)nn(C3CCCCO3)c2c1. The Kier molecular flexibility index (Phi) is 9.43. The average Bonchev–Trinajstić information content (AvgIpc) is 3.43. The molecule has 2 aromatic heterocycles. The summed E-state index contributed by atoms with van der Waals surface area (Å²) in [6.45, 7) is 6.78. The van der Waals surface area contributed by atoms with Crippen LogP contribution in [0, 0.1) is 0 Å². The van der Waals surface area contributed by atoms with Gasteiger partial charge in [0.25, 0.3) is 0 Å². The van der Waals surface area contributed by atoms with Crippen LogP contribution in [-0.4, -0.2) is 89.6 Å². The van der Waals surface area contributed by atoms with Crippen molar-refractivity contribution in [3.8, 4) is 16.9 Å². The number of rotatable bonds is 9. The molecule has 2 fully saturated rings. The van der Waals surface area contributed by atoms with Gasteiger partial charge in [-0.25, -0.2) is 4.68 Å². The van der Waals surface area contributed by atoms with Gasteiger partial charge >= 0.3 is 0 Å². The molecule has 43 heavy (non-hydrogen) atoms. The molecule has 1 atom stereocenters. The van der Waals surface area contributed by atoms with Crippen LogP contribution in [0.3, 0.4) is 0 Å². The highest BCUT2D eigenvalue weighted by molar-refractivity contribution is 7.80. The van der Waals surface area contributed by atoms with Crippen molar-refractivity contribution in [1.29, 1.82) is 0 Å². The van der Waals surface area contributed by atoms with Gasteiger partial charge in [0.1, 0.15) is 17.3 Å². The molecular formula is C34H40N6O2S. The van der Waals surface area contributed by atoms with Crippen LogP contribution in [0.15, 0.2) is 60.8 Å². The molecule has 1 N–H and O–H groups in total. The third kappa shape index (κ3) is 6.96. The molecule has 0 bridgehead atoms. The van der Waals surface area contributed by atoms with E-state index in [1.165, 1.54) is 0 Å². The van der Waals surface area contributed by atoms with Crippen molar-refractivity contribution < 1.29 is 9.47 Å². The molecule has 0 saturated carbocycles. The zero-order valence-corrected chi connectivity index (χ0v) is 25.9. The monoisotopic (exact) mass is 596 g/mol. The Morgan fingerprint density at radius 3 is 2.70 bits per heavy atom. The van der Waals surface area contributed by atoms with Crippen molar-refractivity contribution in [2.24, 2.45) is 0 Å². The zero-order chi connectivity index (χ0) is 29.6. The number of hydrogen-bond donors (Lipinski definition) is 1. The molecule has 2 aliphatic heterocycles. The van der Waals surface area contributed by atoms with E-state index in [2.05, 4.69) is 62.2 Å². The molecule has 0 radical (unpaired) electrons. The number of fused-ring (bicyclic) bond motifs is 1. The van der Waals surface area contributed by atoms with E-state index in [1.807, 2.05) is 43.5 Å². The predicted octanol–water partition coefficient (Wildman–Crippen LogP) is 5.49. The van der Waals surface area contributed by atoms with E-state index in [0.29, 0.717) is 6.61 Å². The zero-order valence-electron chi connectivity index (χ0n) is 25.0. The molecule has 4 heterocycles. The molecule has 0 amide bonds. The Bertz CT molecular complexity index is 1570. The van der Waals surface area contributed by atoms with Gasteiger partial charge in [0, 0.05) is 57.3 Å². The van der Waals surface area contributed by atoms with Crippen molar-refractivity contribution in [3.63, 3.8) is 0 Å². The Morgan fingerprint density at radius 2 is 1.93 bits per heavy atom. The predicted molar refractivity (Wildman–Crippen MR) is 177 cm³/mol. The first-order valence-corrected chi connectivity index (χ1v) is 15.6. The minimum Gasteiger partial charge on any atom is -0.491 e. The van der Waals surface area contributed by atoms with Crippen molar-refractivity contribution in [2.75, 3.05) is 60.0 Å². The van der Waals surface area contributed by atoms with E-state index >= 15 is 0 Å². The number of ether oxygens (including phenoxy) is 2. The summed E-state index contributed by atoms with van der Waals surface area (Å²) in [7, 11) is 4.04. The van der Waals surface area contributed by atoms with E-state index in [4.69, 9.17) is 26.8 Å². The fraction of sp³-hybridized carbons (Fsp3) is 0.382. The normalized spacial score (nSPS) is 18.3. The standard InChI is InChI=1S/C34H40N6O2S/c1-35-34(43)29-8-4-3-7-28(29)25-10-14-30-31(37-40(32(30)23-25)33-9-5-6-21-42-33)15-12-26-11-13-27(24-36-26)41-22-20-39-18-16-38(2)17-19-39/h3-4,7-8,10-15,23-24,33H,5-6,9,16-22H2,1-2H3,(H,35,43)/b15-12+. The third-order valence-corrected chi connectivity index (χ3v) is 8.74. The van der Waals surface area contributed by atoms with Gasteiger partial charge in [-0.2, -0.15) is 5.10 Å². The number of hydrogen-bond acceptors (Lipinski definition) is 7. The van der Waals surface area contributed by atoms with Crippen LogP contribution in [0.25, 0.3) is 34.2 Å². The highest BCUT2D eigenvalue weighted by atomic mass is 32.1. The molecule has 1 unspecified atom stereocenters. The van der Waals surface area contributed by atoms with Crippen LogP contribution in [0.5, 0.6) is 5.75 Å². The van der Waals surface area contributed by atoms with E-state index < -0.39 is 0 Å². The largest absolute Gasteiger partial charge is 0.491 e. The van der Waals surface area contributed by atoms with Crippen LogP contribution >= 0.6 is 12.2 Å². The number of nitrogens with one attached hydrogen (secondary N) is 1. The summed E-state index contributed by atoms with van der Waals surface area (Å²) < 4.78 is 14.2. The smallest absolute Gasteiger partial charge is 0.150 e. The minimum absolute atomic E-state index is 0.0809. The lowest BCUT2D eigenvalue weighted by Crippen LogP contribution is -2.45. The highest BCUT2D eigenvalue weighted by Gasteiger charge is 2.21. The maximum Gasteiger partial charge on any atom is 0.150 e. The summed E-state index contributed by atoms with van der Waals surface area (Å²) in [5, 5.41) is 9.25. The maximum absolute atomic E-state index is 6.18. The molecule has 2 aliphatic rings. The quantitative estimate of drug-likeness (QED) is 0.255. The first kappa shape index (κ1) is 29.4. The topological polar surface area (TPSA) is 67.7 Å². The molecule has 0 spiro atoms. The molecule has 4 aromatic rings. The molecular weight excluding hydrogens is 556 g/mol. The fourth-order valence-corrected chi connectivity index (χ4v) is 5.94. The first-order valence-electron chi connectivity index (χ1n) is 15.2.